The molecule has 5 rings (SSSR count). The molecule has 0 spiro atoms. The van der Waals surface area contributed by atoms with Gasteiger partial charge in [0.15, 0.2) is 0 Å². The normalized spacial score (nSPS) is 15.9. The van der Waals surface area contributed by atoms with Crippen LogP contribution in [0.25, 0.3) is 11.3 Å². The number of sulfonamides is 1. The number of alkyl carbamates (subject to hydrolysis) is 1. The maximum absolute atomic E-state index is 12.5. The van der Waals surface area contributed by atoms with Crippen LogP contribution in [-0.4, -0.2) is 84.7 Å². The molecule has 2 aliphatic rings. The Kier molecular flexibility index (Phi) is 10.8. The number of aromatic nitrogens is 2. The predicted octanol–water partition coefficient (Wildman–Crippen LogP) is 4.67. The third kappa shape index (κ3) is 9.11. The van der Waals surface area contributed by atoms with E-state index in [1.165, 1.54) is 10.6 Å². The molecule has 1 aromatic heterocycles. The fourth-order valence-electron chi connectivity index (χ4n) is 5.59. The zero-order chi connectivity index (χ0) is 32.9. The highest BCUT2D eigenvalue weighted by molar-refractivity contribution is 7.88. The minimum absolute atomic E-state index is 0.278. The van der Waals surface area contributed by atoms with E-state index >= 15 is 0 Å². The van der Waals surface area contributed by atoms with Crippen LogP contribution in [-0.2, 0) is 45.6 Å². The van der Waals surface area contributed by atoms with Gasteiger partial charge in [-0.05, 0) is 57.0 Å². The van der Waals surface area contributed by atoms with Crippen molar-refractivity contribution in [1.82, 2.24) is 24.3 Å². The second-order valence-electron chi connectivity index (χ2n) is 12.7. The number of nitrogens with zero attached hydrogens (tertiary/aromatic N) is 4. The van der Waals surface area contributed by atoms with Gasteiger partial charge in [-0.25, -0.2) is 13.2 Å². The number of halogens is 1. The number of hydrogen-bond donors (Lipinski definition) is 1. The number of ether oxygens (including phenoxy) is 2. The van der Waals surface area contributed by atoms with E-state index in [9.17, 15) is 13.2 Å². The summed E-state index contributed by atoms with van der Waals surface area (Å²) in [6, 6.07) is 13.3. The maximum atomic E-state index is 12.5. The molecule has 1 amide bonds. The molecule has 0 aliphatic carbocycles. The molecule has 10 nitrogen and oxygen atoms in total. The lowest BCUT2D eigenvalue weighted by Gasteiger charge is -2.27. The molecular weight excluding hydrogens is 626 g/mol. The third-order valence-corrected chi connectivity index (χ3v) is 9.44. The zero-order valence-corrected chi connectivity index (χ0v) is 28.5. The number of morpholine rings is 1. The summed E-state index contributed by atoms with van der Waals surface area (Å²) >= 11 is 6.60. The first-order valence-corrected chi connectivity index (χ1v) is 17.8. The number of rotatable bonds is 8. The monoisotopic (exact) mass is 667 g/mol. The van der Waals surface area contributed by atoms with Crippen molar-refractivity contribution in [2.24, 2.45) is 0 Å². The van der Waals surface area contributed by atoms with E-state index in [-0.39, 0.29) is 6.54 Å². The van der Waals surface area contributed by atoms with Gasteiger partial charge in [-0.1, -0.05) is 41.6 Å². The highest BCUT2D eigenvalue weighted by Gasteiger charge is 2.30. The van der Waals surface area contributed by atoms with Gasteiger partial charge < -0.3 is 14.8 Å². The van der Waals surface area contributed by atoms with Crippen molar-refractivity contribution in [2.45, 2.75) is 58.8 Å². The number of carbonyl (C=O) groups is 1. The van der Waals surface area contributed by atoms with Crippen LogP contribution in [0.1, 0.15) is 55.1 Å². The highest BCUT2D eigenvalue weighted by Crippen LogP contribution is 2.33. The van der Waals surface area contributed by atoms with Crippen molar-refractivity contribution in [2.75, 3.05) is 45.6 Å². The van der Waals surface area contributed by atoms with Gasteiger partial charge in [0.05, 0.1) is 30.2 Å². The Morgan fingerprint density at radius 3 is 2.61 bits per heavy atom. The first kappa shape index (κ1) is 33.9. The van der Waals surface area contributed by atoms with Crippen LogP contribution in [0.5, 0.6) is 0 Å². The average molecular weight is 668 g/mol. The van der Waals surface area contributed by atoms with E-state index in [1.807, 2.05) is 63.2 Å². The quantitative estimate of drug-likeness (QED) is 0.348. The fraction of sp³-hybridized carbons (Fsp3) is 0.471. The van der Waals surface area contributed by atoms with Gasteiger partial charge in [-0.2, -0.15) is 9.40 Å². The smallest absolute Gasteiger partial charge is 0.407 e. The SMILES string of the molecule is CC(C)(C)OC(=O)NCc1cccc(C#Cc2cc(-c3nn(CCCN4CCOCC4)c4c3CN(S(C)(=O)=O)CC4)ccc2Cl)c1. The minimum atomic E-state index is -3.36. The van der Waals surface area contributed by atoms with Gasteiger partial charge in [0, 0.05) is 80.2 Å². The topological polar surface area (TPSA) is 106 Å². The summed E-state index contributed by atoms with van der Waals surface area (Å²) in [6.45, 7) is 11.6. The first-order chi connectivity index (χ1) is 21.9. The number of nitrogens with one attached hydrogen (secondary N) is 1. The lowest BCUT2D eigenvalue weighted by atomic mass is 10.0. The largest absolute Gasteiger partial charge is 0.444 e. The fourth-order valence-corrected chi connectivity index (χ4v) is 6.54. The second-order valence-corrected chi connectivity index (χ2v) is 15.0. The van der Waals surface area contributed by atoms with Gasteiger partial charge in [0.1, 0.15) is 5.60 Å². The number of hydrogen-bond acceptors (Lipinski definition) is 7. The number of fused-ring (bicyclic) bond motifs is 1. The third-order valence-electron chi connectivity index (χ3n) is 7.86. The van der Waals surface area contributed by atoms with Crippen LogP contribution >= 0.6 is 11.6 Å². The minimum Gasteiger partial charge on any atom is -0.444 e. The molecule has 0 saturated carbocycles. The summed E-state index contributed by atoms with van der Waals surface area (Å²) in [5.41, 5.74) is 5.33. The van der Waals surface area contributed by atoms with Crippen molar-refractivity contribution in [3.8, 4) is 23.1 Å². The Morgan fingerprint density at radius 1 is 1.09 bits per heavy atom. The van der Waals surface area contributed by atoms with Crippen LogP contribution < -0.4 is 5.32 Å². The molecule has 46 heavy (non-hydrogen) atoms. The molecule has 0 unspecified atom stereocenters. The van der Waals surface area contributed by atoms with Gasteiger partial charge in [0.25, 0.3) is 0 Å². The Hall–Kier alpha value is -3.40. The molecule has 1 N–H and O–H groups in total. The highest BCUT2D eigenvalue weighted by atomic mass is 35.5. The summed E-state index contributed by atoms with van der Waals surface area (Å²) in [6.07, 6.45) is 2.32. The number of carbonyl (C=O) groups excluding carboxylic acids is 1. The van der Waals surface area contributed by atoms with Crippen molar-refractivity contribution in [3.63, 3.8) is 0 Å². The average Bonchev–Trinajstić information content (AvgIpc) is 3.37. The lowest BCUT2D eigenvalue weighted by Crippen LogP contribution is -2.37. The van der Waals surface area contributed by atoms with E-state index in [4.69, 9.17) is 26.2 Å². The molecule has 0 bridgehead atoms. The summed E-state index contributed by atoms with van der Waals surface area (Å²) in [4.78, 5) is 14.5. The second kappa shape index (κ2) is 14.6. The molecule has 12 heteroatoms. The molecule has 3 heterocycles. The number of benzene rings is 2. The molecule has 2 aliphatic heterocycles. The van der Waals surface area contributed by atoms with Crippen LogP contribution in [0.2, 0.25) is 5.02 Å². The Balaban J connectivity index is 1.37. The molecular formula is C34H42ClN5O5S. The van der Waals surface area contributed by atoms with Gasteiger partial charge in [-0.15, -0.1) is 0 Å². The van der Waals surface area contributed by atoms with Crippen LogP contribution in [0.3, 0.4) is 0 Å². The van der Waals surface area contributed by atoms with Crippen LogP contribution in [0.15, 0.2) is 42.5 Å². The zero-order valence-electron chi connectivity index (χ0n) is 26.9. The van der Waals surface area contributed by atoms with E-state index in [0.29, 0.717) is 30.1 Å². The first-order valence-electron chi connectivity index (χ1n) is 15.6. The Bertz CT molecular complexity index is 1730. The summed E-state index contributed by atoms with van der Waals surface area (Å²) in [5, 5.41) is 8.32. The van der Waals surface area contributed by atoms with Gasteiger partial charge >= 0.3 is 6.09 Å². The van der Waals surface area contributed by atoms with Crippen molar-refractivity contribution in [3.05, 3.63) is 75.4 Å². The number of amides is 1. The van der Waals surface area contributed by atoms with Crippen LogP contribution in [0, 0.1) is 11.8 Å². The molecule has 2 aromatic carbocycles. The molecule has 1 fully saturated rings. The summed E-state index contributed by atoms with van der Waals surface area (Å²) in [7, 11) is -3.36. The lowest BCUT2D eigenvalue weighted by molar-refractivity contribution is 0.0368. The van der Waals surface area contributed by atoms with E-state index < -0.39 is 21.7 Å². The van der Waals surface area contributed by atoms with E-state index in [2.05, 4.69) is 26.7 Å². The van der Waals surface area contributed by atoms with Crippen molar-refractivity contribution in [1.29, 1.82) is 0 Å². The molecule has 0 radical (unpaired) electrons. The van der Waals surface area contributed by atoms with Crippen molar-refractivity contribution < 1.29 is 22.7 Å². The van der Waals surface area contributed by atoms with Gasteiger partial charge in [0.2, 0.25) is 10.0 Å². The summed E-state index contributed by atoms with van der Waals surface area (Å²) in [5.74, 6) is 6.40. The molecule has 1 saturated heterocycles. The standard InChI is InChI=1S/C34H42ClN5O5S/c1-34(2,3)45-33(41)36-23-26-8-5-7-25(21-26)9-10-27-22-28(11-12-30(27)35)32-29-24-39(46(4,42)43)16-13-31(29)40(37-32)15-6-14-38-17-19-44-20-18-38/h5,7-8,11-12,21-22H,6,13-20,23-24H2,1-4H3,(H,36,41). The maximum Gasteiger partial charge on any atom is 0.407 e. The predicted molar refractivity (Wildman–Crippen MR) is 179 cm³/mol. The molecule has 246 valence electrons. The summed E-state index contributed by atoms with van der Waals surface area (Å²) < 4.78 is 39.3. The van der Waals surface area contributed by atoms with Crippen LogP contribution in [0.4, 0.5) is 4.79 Å². The molecule has 0 atom stereocenters. The number of aryl methyl sites for hydroxylation is 1. The Morgan fingerprint density at radius 2 is 1.87 bits per heavy atom. The van der Waals surface area contributed by atoms with Gasteiger partial charge in [-0.3, -0.25) is 9.58 Å². The van der Waals surface area contributed by atoms with E-state index in [0.717, 1.165) is 79.5 Å². The van der Waals surface area contributed by atoms with Crippen molar-refractivity contribution >= 4 is 27.7 Å². The van der Waals surface area contributed by atoms with E-state index in [1.54, 1.807) is 0 Å². The Labute approximate surface area is 277 Å². The molecule has 3 aromatic rings.